The van der Waals surface area contributed by atoms with E-state index in [0.717, 1.165) is 43.7 Å². The number of rotatable bonds is 5. The highest BCUT2D eigenvalue weighted by Crippen LogP contribution is 2.17. The second-order valence-corrected chi connectivity index (χ2v) is 6.60. The first-order chi connectivity index (χ1) is 12.1. The minimum atomic E-state index is -0.159. The number of aryl methyl sites for hydroxylation is 1. The fourth-order valence-corrected chi connectivity index (χ4v) is 3.20. The third-order valence-corrected chi connectivity index (χ3v) is 4.76. The molecule has 1 aromatic carbocycles. The number of benzene rings is 1. The lowest BCUT2D eigenvalue weighted by molar-refractivity contribution is 0.0790. The van der Waals surface area contributed by atoms with E-state index in [-0.39, 0.29) is 12.0 Å². The molecule has 1 aliphatic rings. The van der Waals surface area contributed by atoms with E-state index in [1.54, 1.807) is 18.3 Å². The average molecular weight is 339 g/mol. The molecule has 0 bridgehead atoms. The van der Waals surface area contributed by atoms with Crippen molar-refractivity contribution in [3.63, 3.8) is 0 Å². The predicted molar refractivity (Wildman–Crippen MR) is 97.1 cm³/mol. The zero-order valence-electron chi connectivity index (χ0n) is 14.6. The van der Waals surface area contributed by atoms with Gasteiger partial charge < -0.3 is 10.4 Å². The van der Waals surface area contributed by atoms with Gasteiger partial charge in [0, 0.05) is 38.1 Å². The van der Waals surface area contributed by atoms with Crippen molar-refractivity contribution in [3.8, 4) is 0 Å². The van der Waals surface area contributed by atoms with Gasteiger partial charge in [-0.15, -0.1) is 0 Å². The Hall–Kier alpha value is -2.24. The number of aromatic nitrogens is 1. The van der Waals surface area contributed by atoms with Crippen LogP contribution in [0.5, 0.6) is 0 Å². The highest BCUT2D eigenvalue weighted by Gasteiger charge is 2.18. The summed E-state index contributed by atoms with van der Waals surface area (Å²) < 4.78 is 0. The van der Waals surface area contributed by atoms with Gasteiger partial charge in [0.2, 0.25) is 0 Å². The number of likely N-dealkylation sites (tertiary alicyclic amines) is 1. The first-order valence-corrected chi connectivity index (χ1v) is 8.80. The van der Waals surface area contributed by atoms with Crippen LogP contribution in [0.25, 0.3) is 0 Å². The maximum Gasteiger partial charge on any atom is 0.253 e. The summed E-state index contributed by atoms with van der Waals surface area (Å²) in [7, 11) is 0. The molecule has 2 aromatic rings. The van der Waals surface area contributed by atoms with Crippen molar-refractivity contribution in [1.29, 1.82) is 0 Å². The second-order valence-electron chi connectivity index (χ2n) is 6.60. The number of hydrogen-bond donors (Lipinski definition) is 2. The normalized spacial score (nSPS) is 15.9. The van der Waals surface area contributed by atoms with Crippen molar-refractivity contribution >= 4 is 5.91 Å². The molecule has 1 fully saturated rings. The summed E-state index contributed by atoms with van der Waals surface area (Å²) in [4.78, 5) is 18.9. The Balaban J connectivity index is 1.63. The molecule has 0 aliphatic carbocycles. The predicted octanol–water partition coefficient (Wildman–Crippen LogP) is 2.28. The SMILES string of the molecule is Cc1ncccc1C(=O)NCc1ccccc1CN1CCC(O)CC1. The number of nitrogens with one attached hydrogen (secondary N) is 1. The van der Waals surface area contributed by atoms with E-state index >= 15 is 0 Å². The van der Waals surface area contributed by atoms with Crippen molar-refractivity contribution in [2.45, 2.75) is 39.0 Å². The van der Waals surface area contributed by atoms with Gasteiger partial charge in [0.05, 0.1) is 11.7 Å². The summed E-state index contributed by atoms with van der Waals surface area (Å²) in [6.45, 7) is 5.02. The largest absolute Gasteiger partial charge is 0.393 e. The number of piperidine rings is 1. The molecule has 1 amide bonds. The van der Waals surface area contributed by atoms with E-state index in [0.29, 0.717) is 12.1 Å². The van der Waals surface area contributed by atoms with Crippen LogP contribution in [-0.2, 0) is 13.1 Å². The molecule has 2 heterocycles. The number of carbonyl (C=O) groups is 1. The Morgan fingerprint density at radius 1 is 1.20 bits per heavy atom. The van der Waals surface area contributed by atoms with Crippen LogP contribution < -0.4 is 5.32 Å². The molecule has 1 aliphatic heterocycles. The lowest BCUT2D eigenvalue weighted by Crippen LogP contribution is -2.35. The number of carbonyl (C=O) groups excluding carboxylic acids is 1. The Morgan fingerprint density at radius 2 is 1.92 bits per heavy atom. The molecule has 2 N–H and O–H groups in total. The topological polar surface area (TPSA) is 65.5 Å². The summed E-state index contributed by atoms with van der Waals surface area (Å²) in [6.07, 6.45) is 3.20. The fraction of sp³-hybridized carbons (Fsp3) is 0.400. The van der Waals surface area contributed by atoms with Crippen molar-refractivity contribution in [2.75, 3.05) is 13.1 Å². The first kappa shape index (κ1) is 17.6. The van der Waals surface area contributed by atoms with E-state index in [1.807, 2.05) is 19.1 Å². The van der Waals surface area contributed by atoms with Gasteiger partial charge in [0.15, 0.2) is 0 Å². The lowest BCUT2D eigenvalue weighted by Gasteiger charge is -2.30. The van der Waals surface area contributed by atoms with Crippen LogP contribution in [0.15, 0.2) is 42.6 Å². The van der Waals surface area contributed by atoms with E-state index in [9.17, 15) is 9.90 Å². The van der Waals surface area contributed by atoms with Crippen molar-refractivity contribution < 1.29 is 9.90 Å². The van der Waals surface area contributed by atoms with Gasteiger partial charge in [-0.2, -0.15) is 0 Å². The summed E-state index contributed by atoms with van der Waals surface area (Å²) in [5.74, 6) is -0.0958. The molecule has 1 aromatic heterocycles. The number of aliphatic hydroxyl groups is 1. The Morgan fingerprint density at radius 3 is 2.64 bits per heavy atom. The van der Waals surface area contributed by atoms with Crippen LogP contribution in [0.2, 0.25) is 0 Å². The number of aliphatic hydroxyl groups excluding tert-OH is 1. The standard InChI is InChI=1S/C20H25N3O2/c1-15-19(7-4-10-21-15)20(25)22-13-16-5-2-3-6-17(16)14-23-11-8-18(24)9-12-23/h2-7,10,18,24H,8-9,11-14H2,1H3,(H,22,25). The van der Waals surface area contributed by atoms with Gasteiger partial charge in [-0.05, 0) is 43.0 Å². The molecule has 1 saturated heterocycles. The van der Waals surface area contributed by atoms with Gasteiger partial charge >= 0.3 is 0 Å². The fourth-order valence-electron chi connectivity index (χ4n) is 3.20. The quantitative estimate of drug-likeness (QED) is 0.877. The second kappa shape index (κ2) is 8.23. The molecule has 132 valence electrons. The molecular weight excluding hydrogens is 314 g/mol. The minimum absolute atomic E-state index is 0.0958. The van der Waals surface area contributed by atoms with Crippen LogP contribution >= 0.6 is 0 Å². The van der Waals surface area contributed by atoms with Crippen LogP contribution in [0.1, 0.15) is 40.0 Å². The Bertz CT molecular complexity index is 724. The van der Waals surface area contributed by atoms with E-state index in [2.05, 4.69) is 27.3 Å². The molecule has 0 spiro atoms. The highest BCUT2D eigenvalue weighted by atomic mass is 16.3. The van der Waals surface area contributed by atoms with E-state index < -0.39 is 0 Å². The van der Waals surface area contributed by atoms with Gasteiger partial charge in [-0.1, -0.05) is 24.3 Å². The van der Waals surface area contributed by atoms with Crippen LogP contribution in [0.3, 0.4) is 0 Å². The molecule has 0 unspecified atom stereocenters. The lowest BCUT2D eigenvalue weighted by atomic mass is 10.0. The molecule has 25 heavy (non-hydrogen) atoms. The first-order valence-electron chi connectivity index (χ1n) is 8.80. The summed E-state index contributed by atoms with van der Waals surface area (Å²) in [6, 6.07) is 11.8. The van der Waals surface area contributed by atoms with Crippen LogP contribution in [0.4, 0.5) is 0 Å². The Kier molecular flexibility index (Phi) is 5.79. The van der Waals surface area contributed by atoms with Gasteiger partial charge in [0.1, 0.15) is 0 Å². The Labute approximate surface area is 148 Å². The molecule has 0 radical (unpaired) electrons. The molecular formula is C20H25N3O2. The third-order valence-electron chi connectivity index (χ3n) is 4.76. The summed E-state index contributed by atoms with van der Waals surface area (Å²) in [5, 5.41) is 12.6. The van der Waals surface area contributed by atoms with Gasteiger partial charge in [0.25, 0.3) is 5.91 Å². The third kappa shape index (κ3) is 4.65. The number of amides is 1. The number of pyridine rings is 1. The van der Waals surface area contributed by atoms with E-state index in [4.69, 9.17) is 0 Å². The number of hydrogen-bond acceptors (Lipinski definition) is 4. The van der Waals surface area contributed by atoms with Gasteiger partial charge in [-0.25, -0.2) is 0 Å². The molecule has 5 nitrogen and oxygen atoms in total. The maximum atomic E-state index is 12.4. The van der Waals surface area contributed by atoms with E-state index in [1.165, 1.54) is 5.56 Å². The van der Waals surface area contributed by atoms with Crippen molar-refractivity contribution in [3.05, 3.63) is 65.0 Å². The smallest absolute Gasteiger partial charge is 0.253 e. The minimum Gasteiger partial charge on any atom is -0.393 e. The molecule has 0 atom stereocenters. The van der Waals surface area contributed by atoms with Crippen LogP contribution in [0, 0.1) is 6.92 Å². The summed E-state index contributed by atoms with van der Waals surface area (Å²) in [5.41, 5.74) is 3.70. The zero-order valence-corrected chi connectivity index (χ0v) is 14.6. The van der Waals surface area contributed by atoms with Crippen molar-refractivity contribution in [2.24, 2.45) is 0 Å². The van der Waals surface area contributed by atoms with Gasteiger partial charge in [-0.3, -0.25) is 14.7 Å². The molecule has 3 rings (SSSR count). The monoisotopic (exact) mass is 339 g/mol. The highest BCUT2D eigenvalue weighted by molar-refractivity contribution is 5.95. The summed E-state index contributed by atoms with van der Waals surface area (Å²) >= 11 is 0. The average Bonchev–Trinajstić information content (AvgIpc) is 2.63. The maximum absolute atomic E-state index is 12.4. The zero-order chi connectivity index (χ0) is 17.6. The molecule has 0 saturated carbocycles. The van der Waals surface area contributed by atoms with Crippen LogP contribution in [-0.4, -0.2) is 40.1 Å². The molecule has 5 heteroatoms. The van der Waals surface area contributed by atoms with Crippen molar-refractivity contribution in [1.82, 2.24) is 15.2 Å². The number of nitrogens with zero attached hydrogens (tertiary/aromatic N) is 2.